The van der Waals surface area contributed by atoms with Crippen LogP contribution in [0.1, 0.15) is 16.7 Å². The van der Waals surface area contributed by atoms with E-state index in [1.807, 2.05) is 73.7 Å². The lowest BCUT2D eigenvalue weighted by Gasteiger charge is -2.09. The van der Waals surface area contributed by atoms with Gasteiger partial charge >= 0.3 is 0 Å². The van der Waals surface area contributed by atoms with Crippen LogP contribution >= 0.6 is 11.6 Å². The fourth-order valence-corrected chi connectivity index (χ4v) is 3.38. The topological polar surface area (TPSA) is 47.0 Å². The van der Waals surface area contributed by atoms with Gasteiger partial charge in [0.25, 0.3) is 5.56 Å². The highest BCUT2D eigenvalue weighted by Gasteiger charge is 2.06. The number of nitrogens with one attached hydrogen (secondary N) is 1. The molecule has 0 atom stereocenters. The van der Waals surface area contributed by atoms with Gasteiger partial charge in [-0.1, -0.05) is 72.3 Å². The molecule has 4 nitrogen and oxygen atoms in total. The van der Waals surface area contributed by atoms with Crippen LogP contribution in [0, 0.1) is 6.92 Å². The number of rotatable bonds is 5. The van der Waals surface area contributed by atoms with E-state index in [4.69, 9.17) is 16.3 Å². The molecule has 0 bridgehead atoms. The molecule has 0 unspecified atom stereocenters. The van der Waals surface area contributed by atoms with Crippen molar-refractivity contribution in [2.24, 2.45) is 0 Å². The third-order valence-corrected chi connectivity index (χ3v) is 5.10. The average molecular weight is 417 g/mol. The highest BCUT2D eigenvalue weighted by atomic mass is 35.5. The van der Waals surface area contributed by atoms with Gasteiger partial charge in [-0.25, -0.2) is 4.68 Å². The van der Waals surface area contributed by atoms with Gasteiger partial charge in [0.2, 0.25) is 0 Å². The first-order chi connectivity index (χ1) is 14.5. The van der Waals surface area contributed by atoms with Crippen LogP contribution in [0.15, 0.2) is 77.6 Å². The van der Waals surface area contributed by atoms with E-state index in [-0.39, 0.29) is 5.56 Å². The molecule has 4 aromatic rings. The van der Waals surface area contributed by atoms with Crippen molar-refractivity contribution >= 4 is 24.3 Å². The summed E-state index contributed by atoms with van der Waals surface area (Å²) in [7, 11) is 0. The number of aryl methyl sites for hydroxylation is 1. The number of hydrogen-bond donors (Lipinski definition) is 1. The van der Waals surface area contributed by atoms with E-state index in [9.17, 15) is 4.79 Å². The number of nitrogens with zero attached hydrogens (tertiary/aromatic N) is 1. The third-order valence-electron chi connectivity index (χ3n) is 4.80. The molecule has 1 heterocycles. The predicted octanol–water partition coefficient (Wildman–Crippen LogP) is 3.95. The summed E-state index contributed by atoms with van der Waals surface area (Å²) >= 11 is 6.42. The summed E-state index contributed by atoms with van der Waals surface area (Å²) in [6, 6.07) is 23.0. The van der Waals surface area contributed by atoms with Gasteiger partial charge in [-0.2, -0.15) is 0 Å². The van der Waals surface area contributed by atoms with Crippen molar-refractivity contribution in [3.8, 4) is 11.4 Å². The van der Waals surface area contributed by atoms with Crippen molar-refractivity contribution in [3.63, 3.8) is 0 Å². The van der Waals surface area contributed by atoms with Gasteiger partial charge in [0, 0.05) is 0 Å². The number of hydrogen-bond acceptors (Lipinski definition) is 2. The number of halogens is 1. The molecule has 0 aliphatic rings. The molecule has 0 saturated heterocycles. The van der Waals surface area contributed by atoms with Crippen LogP contribution in [0.5, 0.6) is 5.75 Å². The molecule has 30 heavy (non-hydrogen) atoms. The number of aromatic amines is 1. The summed E-state index contributed by atoms with van der Waals surface area (Å²) in [4.78, 5) is 12.8. The lowest BCUT2D eigenvalue weighted by Crippen LogP contribution is -2.33. The van der Waals surface area contributed by atoms with Crippen molar-refractivity contribution in [1.29, 1.82) is 0 Å². The first kappa shape index (κ1) is 19.8. The molecular formula is C25H21ClN2O2. The molecule has 4 rings (SSSR count). The van der Waals surface area contributed by atoms with E-state index in [1.54, 1.807) is 12.1 Å². The molecule has 0 spiro atoms. The minimum Gasteiger partial charge on any atom is -0.487 e. The molecule has 0 amide bonds. The zero-order valence-corrected chi connectivity index (χ0v) is 17.3. The van der Waals surface area contributed by atoms with E-state index < -0.39 is 0 Å². The van der Waals surface area contributed by atoms with Gasteiger partial charge in [0.15, 0.2) is 0 Å². The lowest BCUT2D eigenvalue weighted by atomic mass is 10.1. The Hall–Kier alpha value is -3.50. The van der Waals surface area contributed by atoms with Crippen LogP contribution in [0.2, 0.25) is 5.02 Å². The second kappa shape index (κ2) is 8.47. The van der Waals surface area contributed by atoms with Crippen molar-refractivity contribution in [2.75, 3.05) is 0 Å². The number of benzene rings is 3. The molecule has 0 aliphatic carbocycles. The summed E-state index contributed by atoms with van der Waals surface area (Å²) in [6.07, 6.45) is 1.77. The molecule has 3 aromatic carbocycles. The van der Waals surface area contributed by atoms with Crippen molar-refractivity contribution in [1.82, 2.24) is 9.78 Å². The van der Waals surface area contributed by atoms with Crippen molar-refractivity contribution in [2.45, 2.75) is 13.5 Å². The van der Waals surface area contributed by atoms with Gasteiger partial charge in [-0.15, -0.1) is 0 Å². The van der Waals surface area contributed by atoms with E-state index in [0.717, 1.165) is 16.8 Å². The number of ether oxygens (including phenoxy) is 1. The molecule has 0 fully saturated rings. The predicted molar refractivity (Wildman–Crippen MR) is 122 cm³/mol. The zero-order valence-electron chi connectivity index (χ0n) is 16.6. The quantitative estimate of drug-likeness (QED) is 0.535. The number of para-hydroxylation sites is 1. The first-order valence-electron chi connectivity index (χ1n) is 9.56. The van der Waals surface area contributed by atoms with Crippen LogP contribution in [0.4, 0.5) is 0 Å². The highest BCUT2D eigenvalue weighted by molar-refractivity contribution is 6.32. The van der Waals surface area contributed by atoms with Gasteiger partial charge in [0.1, 0.15) is 12.4 Å². The van der Waals surface area contributed by atoms with Gasteiger partial charge in [-0.3, -0.25) is 9.89 Å². The molecule has 0 saturated carbocycles. The van der Waals surface area contributed by atoms with Crippen molar-refractivity contribution < 1.29 is 4.74 Å². The minimum atomic E-state index is -0.165. The van der Waals surface area contributed by atoms with Crippen LogP contribution in [-0.2, 0) is 6.61 Å². The number of H-pyrrole nitrogens is 1. The summed E-state index contributed by atoms with van der Waals surface area (Å²) in [5.41, 5.74) is 3.66. The molecular weight excluding hydrogens is 396 g/mol. The average Bonchev–Trinajstić information content (AvgIpc) is 3.03. The van der Waals surface area contributed by atoms with E-state index in [1.165, 1.54) is 10.2 Å². The van der Waals surface area contributed by atoms with Gasteiger partial charge in [0.05, 0.1) is 21.3 Å². The fraction of sp³-hybridized carbons (Fsp3) is 0.0800. The Kier molecular flexibility index (Phi) is 5.59. The smallest absolute Gasteiger partial charge is 0.279 e. The lowest BCUT2D eigenvalue weighted by molar-refractivity contribution is 0.306. The molecule has 1 N–H and O–H groups in total. The zero-order chi connectivity index (χ0) is 21.1. The molecule has 150 valence electrons. The molecule has 0 radical (unpaired) electrons. The Balaban J connectivity index is 1.60. The van der Waals surface area contributed by atoms with E-state index in [2.05, 4.69) is 11.7 Å². The van der Waals surface area contributed by atoms with E-state index in [0.29, 0.717) is 27.9 Å². The summed E-state index contributed by atoms with van der Waals surface area (Å²) in [6.45, 7) is 6.45. The monoisotopic (exact) mass is 416 g/mol. The third kappa shape index (κ3) is 4.24. The van der Waals surface area contributed by atoms with Crippen LogP contribution in [0.25, 0.3) is 18.3 Å². The Bertz CT molecular complexity index is 1340. The normalized spacial score (nSPS) is 11.6. The largest absolute Gasteiger partial charge is 0.487 e. The highest BCUT2D eigenvalue weighted by Crippen LogP contribution is 2.26. The van der Waals surface area contributed by atoms with Gasteiger partial charge in [-0.05, 0) is 48.4 Å². The Labute approximate surface area is 179 Å². The van der Waals surface area contributed by atoms with E-state index >= 15 is 0 Å². The van der Waals surface area contributed by atoms with Crippen LogP contribution in [0.3, 0.4) is 0 Å². The van der Waals surface area contributed by atoms with Crippen LogP contribution in [-0.4, -0.2) is 9.78 Å². The maximum absolute atomic E-state index is 12.8. The molecule has 5 heteroatoms. The molecule has 0 aliphatic heterocycles. The standard InChI is InChI=1S/C25H21ClN2O2/c1-17-8-10-19(11-9-17)16-30-24-13-12-20(15-23(24)26)14-22-18(2)27-28(25(22)29)21-6-4-3-5-7-21/h3-15,27H,2,16H2,1H3/b22-14+. The van der Waals surface area contributed by atoms with Crippen LogP contribution < -0.4 is 20.9 Å². The maximum Gasteiger partial charge on any atom is 0.279 e. The summed E-state index contributed by atoms with van der Waals surface area (Å²) < 4.78 is 7.33. The second-order valence-electron chi connectivity index (χ2n) is 7.09. The minimum absolute atomic E-state index is 0.165. The van der Waals surface area contributed by atoms with Crippen molar-refractivity contribution in [3.05, 3.63) is 115 Å². The molecule has 1 aromatic heterocycles. The Morgan fingerprint density at radius 1 is 1.07 bits per heavy atom. The van der Waals surface area contributed by atoms with Gasteiger partial charge < -0.3 is 4.74 Å². The second-order valence-corrected chi connectivity index (χ2v) is 7.50. The maximum atomic E-state index is 12.8. The number of aromatic nitrogens is 2. The SMILES string of the molecule is C=c1[nH]n(-c2ccccc2)c(=O)/c1=C/c1ccc(OCc2ccc(C)cc2)c(Cl)c1. The Morgan fingerprint density at radius 3 is 2.50 bits per heavy atom. The first-order valence-corrected chi connectivity index (χ1v) is 9.94. The summed E-state index contributed by atoms with van der Waals surface area (Å²) in [5, 5.41) is 4.54. The summed E-state index contributed by atoms with van der Waals surface area (Å²) in [5.74, 6) is 0.597. The Morgan fingerprint density at radius 2 is 1.80 bits per heavy atom. The fourth-order valence-electron chi connectivity index (χ4n) is 3.14.